The smallest absolute Gasteiger partial charge is 0.235 e. The van der Waals surface area contributed by atoms with E-state index in [0.717, 1.165) is 24.9 Å². The fraction of sp³-hybridized carbons (Fsp3) is 0.562. The Kier molecular flexibility index (Phi) is 8.58. The Labute approximate surface area is 144 Å². The monoisotopic (exact) mass is 360 g/mol. The number of amides is 1. The van der Waals surface area contributed by atoms with Crippen molar-refractivity contribution in [3.63, 3.8) is 0 Å². The summed E-state index contributed by atoms with van der Waals surface area (Å²) in [4.78, 5) is 11.7. The molecular formula is C16H25ClN2O3S. The number of benzene rings is 1. The summed E-state index contributed by atoms with van der Waals surface area (Å²) in [6.07, 6.45) is 3.40. The highest BCUT2D eigenvalue weighted by atomic mass is 35.5. The molecule has 0 aromatic heterocycles. The topological polar surface area (TPSA) is 75.3 Å². The molecule has 0 aliphatic carbocycles. The van der Waals surface area contributed by atoms with E-state index in [9.17, 15) is 13.2 Å². The summed E-state index contributed by atoms with van der Waals surface area (Å²) in [5.41, 5.74) is 1.12. The fourth-order valence-corrected chi connectivity index (χ4v) is 3.86. The second kappa shape index (κ2) is 9.90. The second-order valence-corrected chi connectivity index (χ2v) is 7.96. The van der Waals surface area contributed by atoms with Crippen LogP contribution in [0.5, 0.6) is 0 Å². The van der Waals surface area contributed by atoms with Gasteiger partial charge in [0.2, 0.25) is 5.91 Å². The highest BCUT2D eigenvalue weighted by Crippen LogP contribution is 2.05. The van der Waals surface area contributed by atoms with E-state index >= 15 is 0 Å². The molecule has 2 N–H and O–H groups in total. The van der Waals surface area contributed by atoms with Crippen molar-refractivity contribution in [1.82, 2.24) is 10.6 Å². The van der Waals surface area contributed by atoms with Crippen LogP contribution in [-0.4, -0.2) is 45.0 Å². The predicted molar refractivity (Wildman–Crippen MR) is 94.7 cm³/mol. The third kappa shape index (κ3) is 7.81. The van der Waals surface area contributed by atoms with Crippen molar-refractivity contribution in [3.05, 3.63) is 35.9 Å². The van der Waals surface area contributed by atoms with Gasteiger partial charge in [-0.15, -0.1) is 12.4 Å². The maximum Gasteiger partial charge on any atom is 0.235 e. The van der Waals surface area contributed by atoms with E-state index < -0.39 is 21.5 Å². The summed E-state index contributed by atoms with van der Waals surface area (Å²) in [5.74, 6) is -0.751. The number of aryl methyl sites for hydroxylation is 1. The van der Waals surface area contributed by atoms with Crippen LogP contribution in [0, 0.1) is 0 Å². The number of hydrogen-bond acceptors (Lipinski definition) is 4. The largest absolute Gasteiger partial charge is 0.354 e. The number of carbonyl (C=O) groups excluding carboxylic acids is 1. The normalized spacial score (nSPS) is 17.5. The highest BCUT2D eigenvalue weighted by Gasteiger charge is 2.19. The van der Waals surface area contributed by atoms with E-state index in [1.54, 1.807) is 0 Å². The Morgan fingerprint density at radius 2 is 2.00 bits per heavy atom. The van der Waals surface area contributed by atoms with Crippen LogP contribution in [0.4, 0.5) is 0 Å². The third-order valence-corrected chi connectivity index (χ3v) is 5.44. The fourth-order valence-electron chi connectivity index (χ4n) is 2.63. The zero-order valence-corrected chi connectivity index (χ0v) is 14.8. The van der Waals surface area contributed by atoms with Gasteiger partial charge < -0.3 is 10.6 Å². The van der Waals surface area contributed by atoms with Crippen LogP contribution < -0.4 is 10.6 Å². The lowest BCUT2D eigenvalue weighted by atomic mass is 10.1. The van der Waals surface area contributed by atoms with Crippen molar-refractivity contribution < 1.29 is 13.2 Å². The molecule has 0 bridgehead atoms. The van der Waals surface area contributed by atoms with Crippen LogP contribution in [0.3, 0.4) is 0 Å². The van der Waals surface area contributed by atoms with Crippen LogP contribution in [0.25, 0.3) is 0 Å². The molecule has 7 heteroatoms. The van der Waals surface area contributed by atoms with Gasteiger partial charge in [-0.2, -0.15) is 0 Å². The van der Waals surface area contributed by atoms with Crippen LogP contribution in [0.1, 0.15) is 24.8 Å². The molecule has 1 aliphatic rings. The van der Waals surface area contributed by atoms with Crippen molar-refractivity contribution >= 4 is 28.2 Å². The molecule has 0 saturated carbocycles. The SMILES string of the molecule is Cl.O=C(CS(=O)(=O)CCCc1ccccc1)NCC1CCCN1. The molecule has 23 heavy (non-hydrogen) atoms. The number of carbonyl (C=O) groups is 1. The van der Waals surface area contributed by atoms with Crippen molar-refractivity contribution in [2.45, 2.75) is 31.7 Å². The molecule has 0 radical (unpaired) electrons. The maximum absolute atomic E-state index is 12.0. The summed E-state index contributed by atoms with van der Waals surface area (Å²) >= 11 is 0. The molecule has 1 atom stereocenters. The van der Waals surface area contributed by atoms with E-state index in [1.807, 2.05) is 30.3 Å². The van der Waals surface area contributed by atoms with E-state index in [4.69, 9.17) is 0 Å². The molecule has 2 rings (SSSR count). The van der Waals surface area contributed by atoms with Crippen molar-refractivity contribution in [2.75, 3.05) is 24.6 Å². The summed E-state index contributed by atoms with van der Waals surface area (Å²) in [6.45, 7) is 1.48. The second-order valence-electron chi connectivity index (χ2n) is 5.78. The van der Waals surface area contributed by atoms with E-state index in [2.05, 4.69) is 10.6 Å². The van der Waals surface area contributed by atoms with E-state index in [-0.39, 0.29) is 24.2 Å². The van der Waals surface area contributed by atoms with Gasteiger partial charge >= 0.3 is 0 Å². The van der Waals surface area contributed by atoms with Gasteiger partial charge in [0.25, 0.3) is 0 Å². The molecular weight excluding hydrogens is 336 g/mol. The van der Waals surface area contributed by atoms with Crippen molar-refractivity contribution in [3.8, 4) is 0 Å². The van der Waals surface area contributed by atoms with Gasteiger partial charge in [-0.25, -0.2) is 8.42 Å². The zero-order chi connectivity index (χ0) is 15.8. The molecule has 1 amide bonds. The minimum Gasteiger partial charge on any atom is -0.354 e. The molecule has 1 fully saturated rings. The van der Waals surface area contributed by atoms with Crippen LogP contribution in [0.2, 0.25) is 0 Å². The molecule has 1 aromatic carbocycles. The molecule has 130 valence electrons. The molecule has 1 heterocycles. The Morgan fingerprint density at radius 3 is 2.65 bits per heavy atom. The molecule has 1 aromatic rings. The zero-order valence-electron chi connectivity index (χ0n) is 13.2. The Balaban J connectivity index is 0.00000264. The van der Waals surface area contributed by atoms with Gasteiger partial charge in [-0.1, -0.05) is 30.3 Å². The first-order valence-electron chi connectivity index (χ1n) is 7.79. The summed E-state index contributed by atoms with van der Waals surface area (Å²) in [6, 6.07) is 10.1. The van der Waals surface area contributed by atoms with Gasteiger partial charge in [-0.3, -0.25) is 4.79 Å². The average molecular weight is 361 g/mol. The Bertz CT molecular complexity index is 572. The van der Waals surface area contributed by atoms with E-state index in [1.165, 1.54) is 0 Å². The first-order valence-corrected chi connectivity index (χ1v) is 9.62. The number of sulfone groups is 1. The van der Waals surface area contributed by atoms with Gasteiger partial charge in [0.05, 0.1) is 5.75 Å². The third-order valence-electron chi connectivity index (χ3n) is 3.82. The van der Waals surface area contributed by atoms with Gasteiger partial charge in [0.1, 0.15) is 5.75 Å². The van der Waals surface area contributed by atoms with Crippen molar-refractivity contribution in [1.29, 1.82) is 0 Å². The summed E-state index contributed by atoms with van der Waals surface area (Å²) in [7, 11) is -3.33. The quantitative estimate of drug-likeness (QED) is 0.733. The van der Waals surface area contributed by atoms with Crippen LogP contribution in [0.15, 0.2) is 30.3 Å². The summed E-state index contributed by atoms with van der Waals surface area (Å²) in [5, 5.41) is 5.97. The van der Waals surface area contributed by atoms with Crippen LogP contribution >= 0.6 is 12.4 Å². The lowest BCUT2D eigenvalue weighted by molar-refractivity contribution is -0.118. The minimum atomic E-state index is -3.33. The Hall–Kier alpha value is -1.11. The minimum absolute atomic E-state index is 0. The lowest BCUT2D eigenvalue weighted by Crippen LogP contribution is -2.39. The van der Waals surface area contributed by atoms with Gasteiger partial charge in [0, 0.05) is 12.6 Å². The standard InChI is InChI=1S/C16H24N2O3S.ClH/c19-16(18-12-15-9-4-10-17-15)13-22(20,21)11-5-8-14-6-2-1-3-7-14;/h1-3,6-7,15,17H,4-5,8-13H2,(H,18,19);1H. The predicted octanol–water partition coefficient (Wildman–Crippen LogP) is 1.32. The number of halogens is 1. The van der Waals surface area contributed by atoms with Gasteiger partial charge in [-0.05, 0) is 37.8 Å². The first-order chi connectivity index (χ1) is 10.6. The van der Waals surface area contributed by atoms with Crippen molar-refractivity contribution in [2.24, 2.45) is 0 Å². The number of rotatable bonds is 8. The molecule has 1 saturated heterocycles. The molecule has 1 unspecified atom stereocenters. The molecule has 1 aliphatic heterocycles. The average Bonchev–Trinajstić information content (AvgIpc) is 2.99. The summed E-state index contributed by atoms with van der Waals surface area (Å²) < 4.78 is 23.9. The van der Waals surface area contributed by atoms with E-state index in [0.29, 0.717) is 19.4 Å². The molecule has 5 nitrogen and oxygen atoms in total. The first kappa shape index (κ1) is 19.9. The number of hydrogen-bond donors (Lipinski definition) is 2. The number of nitrogens with one attached hydrogen (secondary N) is 2. The lowest BCUT2D eigenvalue weighted by Gasteiger charge is -2.11. The highest BCUT2D eigenvalue weighted by molar-refractivity contribution is 7.92. The molecule has 0 spiro atoms. The Morgan fingerprint density at radius 1 is 1.26 bits per heavy atom. The maximum atomic E-state index is 12.0. The van der Waals surface area contributed by atoms with Crippen LogP contribution in [-0.2, 0) is 21.1 Å². The van der Waals surface area contributed by atoms with Gasteiger partial charge in [0.15, 0.2) is 9.84 Å².